The number of nitrogens with one attached hydrogen (secondary N) is 1. The summed E-state index contributed by atoms with van der Waals surface area (Å²) in [4.78, 5) is 12.6. The number of hydrogen-bond donors (Lipinski definition) is 1. The molecule has 1 N–H and O–H groups in total. The molecule has 0 saturated heterocycles. The van der Waals surface area contributed by atoms with Crippen molar-refractivity contribution in [2.24, 2.45) is 0 Å². The molecule has 0 aliphatic rings. The number of aromatic nitrogens is 3. The monoisotopic (exact) mass is 246 g/mol. The van der Waals surface area contributed by atoms with Gasteiger partial charge >= 0.3 is 0 Å². The van der Waals surface area contributed by atoms with Gasteiger partial charge in [0.2, 0.25) is 0 Å². The van der Waals surface area contributed by atoms with Gasteiger partial charge in [-0.05, 0) is 29.9 Å². The third-order valence-corrected chi connectivity index (χ3v) is 3.00. The van der Waals surface area contributed by atoms with Gasteiger partial charge in [0.1, 0.15) is 10.1 Å². The van der Waals surface area contributed by atoms with Crippen LogP contribution in [0.4, 0.5) is 0 Å². The van der Waals surface area contributed by atoms with Crippen LogP contribution in [0.15, 0.2) is 47.0 Å². The first-order valence-corrected chi connectivity index (χ1v) is 6.29. The van der Waals surface area contributed by atoms with Gasteiger partial charge in [-0.2, -0.15) is 0 Å². The van der Waals surface area contributed by atoms with E-state index in [1.165, 1.54) is 17.3 Å². The molecule has 0 atom stereocenters. The van der Waals surface area contributed by atoms with E-state index in [1.807, 2.05) is 12.3 Å². The van der Waals surface area contributed by atoms with E-state index in [1.54, 1.807) is 18.6 Å². The fraction of sp³-hybridized carbons (Fsp3) is 0.250. The van der Waals surface area contributed by atoms with Crippen molar-refractivity contribution < 1.29 is 0 Å². The Labute approximate surface area is 105 Å². The first-order chi connectivity index (χ1) is 8.38. The fourth-order valence-electron chi connectivity index (χ4n) is 1.29. The summed E-state index contributed by atoms with van der Waals surface area (Å²) in [5.74, 6) is 0. The lowest BCUT2D eigenvalue weighted by Crippen LogP contribution is -2.11. The predicted octanol–water partition coefficient (Wildman–Crippen LogP) is 2.13. The average Bonchev–Trinajstić information content (AvgIpc) is 2.39. The highest BCUT2D eigenvalue weighted by molar-refractivity contribution is 7.99. The molecular formula is C12H14N4S. The van der Waals surface area contributed by atoms with E-state index in [9.17, 15) is 0 Å². The maximum absolute atomic E-state index is 4.38. The summed E-state index contributed by atoms with van der Waals surface area (Å²) in [7, 11) is 0. The van der Waals surface area contributed by atoms with E-state index in [0.29, 0.717) is 0 Å². The van der Waals surface area contributed by atoms with E-state index in [-0.39, 0.29) is 0 Å². The molecule has 2 aromatic heterocycles. The van der Waals surface area contributed by atoms with E-state index in [2.05, 4.69) is 33.3 Å². The van der Waals surface area contributed by atoms with E-state index < -0.39 is 0 Å². The zero-order chi connectivity index (χ0) is 11.9. The van der Waals surface area contributed by atoms with E-state index in [0.717, 1.165) is 23.1 Å². The van der Waals surface area contributed by atoms with Gasteiger partial charge in [-0.1, -0.05) is 13.0 Å². The fourth-order valence-corrected chi connectivity index (χ4v) is 1.97. The second kappa shape index (κ2) is 6.32. The molecule has 5 heteroatoms. The van der Waals surface area contributed by atoms with Gasteiger partial charge < -0.3 is 5.32 Å². The summed E-state index contributed by atoms with van der Waals surface area (Å²) in [6.07, 6.45) is 6.97. The normalized spacial score (nSPS) is 10.4. The molecule has 0 radical (unpaired) electrons. The van der Waals surface area contributed by atoms with Gasteiger partial charge in [-0.15, -0.1) is 0 Å². The van der Waals surface area contributed by atoms with Gasteiger partial charge in [0.05, 0.1) is 6.20 Å². The Kier molecular flexibility index (Phi) is 4.46. The summed E-state index contributed by atoms with van der Waals surface area (Å²) in [6.45, 7) is 3.92. The Balaban J connectivity index is 1.98. The first kappa shape index (κ1) is 12.0. The lowest BCUT2D eigenvalue weighted by atomic mass is 10.3. The summed E-state index contributed by atoms with van der Waals surface area (Å²) in [6, 6.07) is 4.08. The number of rotatable bonds is 5. The van der Waals surface area contributed by atoms with Crippen LogP contribution >= 0.6 is 11.8 Å². The van der Waals surface area contributed by atoms with Crippen molar-refractivity contribution >= 4 is 11.8 Å². The van der Waals surface area contributed by atoms with Crippen LogP contribution in [0.1, 0.15) is 12.5 Å². The molecule has 0 aromatic carbocycles. The molecule has 0 bridgehead atoms. The van der Waals surface area contributed by atoms with Crippen LogP contribution in [-0.4, -0.2) is 21.5 Å². The van der Waals surface area contributed by atoms with Crippen LogP contribution in [0.25, 0.3) is 0 Å². The van der Waals surface area contributed by atoms with Crippen molar-refractivity contribution in [1.29, 1.82) is 0 Å². The molecule has 0 aliphatic carbocycles. The first-order valence-electron chi connectivity index (χ1n) is 5.48. The average molecular weight is 246 g/mol. The minimum absolute atomic E-state index is 0.861. The van der Waals surface area contributed by atoms with E-state index in [4.69, 9.17) is 0 Å². The molecule has 0 fully saturated rings. The van der Waals surface area contributed by atoms with E-state index >= 15 is 0 Å². The van der Waals surface area contributed by atoms with Gasteiger partial charge in [-0.3, -0.25) is 4.98 Å². The van der Waals surface area contributed by atoms with Crippen LogP contribution in [0, 0.1) is 0 Å². The summed E-state index contributed by atoms with van der Waals surface area (Å²) in [5.41, 5.74) is 1.19. The maximum atomic E-state index is 4.38. The van der Waals surface area contributed by atoms with Crippen molar-refractivity contribution in [3.8, 4) is 0 Å². The Morgan fingerprint density at radius 3 is 2.71 bits per heavy atom. The molecular weight excluding hydrogens is 232 g/mol. The minimum Gasteiger partial charge on any atom is -0.313 e. The molecule has 88 valence electrons. The predicted molar refractivity (Wildman–Crippen MR) is 67.8 cm³/mol. The van der Waals surface area contributed by atoms with Crippen LogP contribution < -0.4 is 5.32 Å². The van der Waals surface area contributed by atoms with Crippen molar-refractivity contribution in [3.63, 3.8) is 0 Å². The minimum atomic E-state index is 0.861. The summed E-state index contributed by atoms with van der Waals surface area (Å²) >= 11 is 1.52. The van der Waals surface area contributed by atoms with Crippen molar-refractivity contribution in [2.45, 2.75) is 23.5 Å². The Morgan fingerprint density at radius 1 is 1.12 bits per heavy atom. The Hall–Kier alpha value is -1.46. The van der Waals surface area contributed by atoms with Crippen molar-refractivity contribution in [1.82, 2.24) is 20.3 Å². The van der Waals surface area contributed by atoms with Gasteiger partial charge in [0.25, 0.3) is 0 Å². The lowest BCUT2D eigenvalue weighted by molar-refractivity contribution is 0.723. The summed E-state index contributed by atoms with van der Waals surface area (Å²) < 4.78 is 0. The molecule has 0 spiro atoms. The molecule has 2 rings (SSSR count). The number of hydrogen-bond acceptors (Lipinski definition) is 5. The van der Waals surface area contributed by atoms with Gasteiger partial charge in [0.15, 0.2) is 0 Å². The smallest absolute Gasteiger partial charge is 0.121 e. The highest BCUT2D eigenvalue weighted by Crippen LogP contribution is 2.22. The topological polar surface area (TPSA) is 50.7 Å². The third kappa shape index (κ3) is 3.80. The molecule has 4 nitrogen and oxygen atoms in total. The van der Waals surface area contributed by atoms with Crippen LogP contribution in [0.2, 0.25) is 0 Å². The number of nitrogens with zero attached hydrogens (tertiary/aromatic N) is 3. The zero-order valence-electron chi connectivity index (χ0n) is 9.63. The molecule has 0 unspecified atom stereocenters. The highest BCUT2D eigenvalue weighted by Gasteiger charge is 2.00. The molecule has 0 amide bonds. The van der Waals surface area contributed by atoms with Crippen molar-refractivity contribution in [2.75, 3.05) is 6.54 Å². The SMILES string of the molecule is CCNCc1ccc(Sc2cnccn2)nc1. The maximum Gasteiger partial charge on any atom is 0.121 e. The molecule has 0 aliphatic heterocycles. The zero-order valence-corrected chi connectivity index (χ0v) is 10.4. The molecule has 2 heterocycles. The van der Waals surface area contributed by atoms with Crippen molar-refractivity contribution in [3.05, 3.63) is 42.5 Å². The molecule has 17 heavy (non-hydrogen) atoms. The standard InChI is InChI=1S/C12H14N4S/c1-2-13-7-10-3-4-11(16-8-10)17-12-9-14-5-6-15-12/h3-6,8-9,13H,2,7H2,1H3. The number of pyridine rings is 1. The van der Waals surface area contributed by atoms with Crippen LogP contribution in [-0.2, 0) is 6.54 Å². The van der Waals surface area contributed by atoms with Crippen LogP contribution in [0.3, 0.4) is 0 Å². The Bertz CT molecular complexity index is 444. The summed E-state index contributed by atoms with van der Waals surface area (Å²) in [5, 5.41) is 5.06. The largest absolute Gasteiger partial charge is 0.313 e. The quantitative estimate of drug-likeness (QED) is 0.876. The van der Waals surface area contributed by atoms with Gasteiger partial charge in [-0.25, -0.2) is 9.97 Å². The second-order valence-electron chi connectivity index (χ2n) is 3.43. The van der Waals surface area contributed by atoms with Gasteiger partial charge in [0, 0.05) is 25.1 Å². The van der Waals surface area contributed by atoms with Crippen LogP contribution in [0.5, 0.6) is 0 Å². The molecule has 0 saturated carbocycles. The third-order valence-electron chi connectivity index (χ3n) is 2.13. The second-order valence-corrected chi connectivity index (χ2v) is 4.47. The highest BCUT2D eigenvalue weighted by atomic mass is 32.2. The Morgan fingerprint density at radius 2 is 2.06 bits per heavy atom. The molecule has 2 aromatic rings. The lowest BCUT2D eigenvalue weighted by Gasteiger charge is -2.03.